The van der Waals surface area contributed by atoms with E-state index in [0.717, 1.165) is 17.5 Å². The number of carbonyl (C=O) groups is 1. The van der Waals surface area contributed by atoms with Crippen molar-refractivity contribution in [2.75, 3.05) is 6.54 Å². The molecule has 5 nitrogen and oxygen atoms in total. The van der Waals surface area contributed by atoms with E-state index in [-0.39, 0.29) is 11.9 Å². The number of aryl methyl sites for hydroxylation is 1. The Hall–Kier alpha value is -1.59. The molecule has 0 bridgehead atoms. The predicted octanol–water partition coefficient (Wildman–Crippen LogP) is 3.36. The van der Waals surface area contributed by atoms with Gasteiger partial charge in [-0.05, 0) is 43.5 Å². The number of aromatic nitrogens is 3. The van der Waals surface area contributed by atoms with Crippen molar-refractivity contribution in [3.05, 3.63) is 45.2 Å². The zero-order valence-electron chi connectivity index (χ0n) is 12.4. The standard InChI is InChI=1S/C15H16Cl2N4O/c1-3-20-8-13(18-19-20)15(22)21-5-4-10-6-11(16)7-12(17)14(10)9(21)2/h6-9H,3-5H2,1-2H3. The average molecular weight is 339 g/mol. The Bertz CT molecular complexity index is 728. The molecule has 0 fully saturated rings. The van der Waals surface area contributed by atoms with Crippen LogP contribution in [0.4, 0.5) is 0 Å². The highest BCUT2D eigenvalue weighted by molar-refractivity contribution is 6.35. The summed E-state index contributed by atoms with van der Waals surface area (Å²) in [5.74, 6) is -0.121. The second-order valence-electron chi connectivity index (χ2n) is 5.34. The fourth-order valence-corrected chi connectivity index (χ4v) is 3.57. The lowest BCUT2D eigenvalue weighted by Crippen LogP contribution is -2.39. The third-order valence-corrected chi connectivity index (χ3v) is 4.56. The van der Waals surface area contributed by atoms with Gasteiger partial charge in [-0.2, -0.15) is 0 Å². The largest absolute Gasteiger partial charge is 0.330 e. The third kappa shape index (κ3) is 2.59. The summed E-state index contributed by atoms with van der Waals surface area (Å²) < 4.78 is 1.64. The summed E-state index contributed by atoms with van der Waals surface area (Å²) in [6.07, 6.45) is 2.40. The molecule has 0 N–H and O–H groups in total. The fourth-order valence-electron chi connectivity index (χ4n) is 2.88. The first-order valence-corrected chi connectivity index (χ1v) is 7.95. The van der Waals surface area contributed by atoms with Crippen molar-refractivity contribution in [1.82, 2.24) is 19.9 Å². The molecule has 0 aliphatic carbocycles. The van der Waals surface area contributed by atoms with Gasteiger partial charge < -0.3 is 4.90 Å². The van der Waals surface area contributed by atoms with Gasteiger partial charge in [0.15, 0.2) is 5.69 Å². The van der Waals surface area contributed by atoms with E-state index in [1.54, 1.807) is 21.8 Å². The summed E-state index contributed by atoms with van der Waals surface area (Å²) in [6.45, 7) is 5.22. The maximum absolute atomic E-state index is 12.7. The van der Waals surface area contributed by atoms with Gasteiger partial charge in [0.05, 0.1) is 12.2 Å². The van der Waals surface area contributed by atoms with E-state index in [1.807, 2.05) is 19.9 Å². The van der Waals surface area contributed by atoms with Gasteiger partial charge in [-0.1, -0.05) is 28.4 Å². The molecule has 1 atom stereocenters. The van der Waals surface area contributed by atoms with Gasteiger partial charge in [-0.25, -0.2) is 0 Å². The Labute approximate surface area is 138 Å². The number of nitrogens with zero attached hydrogens (tertiary/aromatic N) is 4. The monoisotopic (exact) mass is 338 g/mol. The van der Waals surface area contributed by atoms with Crippen LogP contribution in [0.25, 0.3) is 0 Å². The molecule has 7 heteroatoms. The number of rotatable bonds is 2. The van der Waals surface area contributed by atoms with Crippen LogP contribution in [-0.4, -0.2) is 32.3 Å². The summed E-state index contributed by atoms with van der Waals surface area (Å²) in [4.78, 5) is 14.5. The van der Waals surface area contributed by atoms with Crippen molar-refractivity contribution in [3.8, 4) is 0 Å². The molecule has 1 aromatic carbocycles. The van der Waals surface area contributed by atoms with Crippen LogP contribution in [0.1, 0.15) is 41.5 Å². The van der Waals surface area contributed by atoms with Crippen LogP contribution in [0.15, 0.2) is 18.3 Å². The van der Waals surface area contributed by atoms with Crippen molar-refractivity contribution in [1.29, 1.82) is 0 Å². The highest BCUT2D eigenvalue weighted by Gasteiger charge is 2.31. The summed E-state index contributed by atoms with van der Waals surface area (Å²) >= 11 is 12.4. The first-order chi connectivity index (χ1) is 10.5. The number of hydrogen-bond donors (Lipinski definition) is 0. The van der Waals surface area contributed by atoms with Crippen LogP contribution in [0.3, 0.4) is 0 Å². The minimum Gasteiger partial charge on any atom is -0.330 e. The number of halogens is 2. The highest BCUT2D eigenvalue weighted by atomic mass is 35.5. The number of carbonyl (C=O) groups excluding carboxylic acids is 1. The van der Waals surface area contributed by atoms with E-state index in [4.69, 9.17) is 23.2 Å². The van der Waals surface area contributed by atoms with E-state index in [2.05, 4.69) is 10.3 Å². The molecule has 1 aliphatic heterocycles. The van der Waals surface area contributed by atoms with Crippen LogP contribution in [0.2, 0.25) is 10.0 Å². The van der Waals surface area contributed by atoms with Gasteiger partial charge in [0.1, 0.15) is 0 Å². The lowest BCUT2D eigenvalue weighted by Gasteiger charge is -2.35. The van der Waals surface area contributed by atoms with Gasteiger partial charge in [-0.15, -0.1) is 5.10 Å². The Morgan fingerprint density at radius 2 is 2.18 bits per heavy atom. The first kappa shape index (κ1) is 15.3. The molecule has 0 spiro atoms. The van der Waals surface area contributed by atoms with Crippen molar-refractivity contribution >= 4 is 29.1 Å². The molecule has 1 aromatic heterocycles. The van der Waals surface area contributed by atoms with Crippen LogP contribution < -0.4 is 0 Å². The van der Waals surface area contributed by atoms with E-state index in [0.29, 0.717) is 28.8 Å². The Morgan fingerprint density at radius 1 is 1.41 bits per heavy atom. The molecule has 0 radical (unpaired) electrons. The second-order valence-corrected chi connectivity index (χ2v) is 6.19. The Kier molecular flexibility index (Phi) is 4.10. The van der Waals surface area contributed by atoms with Crippen molar-refractivity contribution in [2.45, 2.75) is 32.9 Å². The minimum atomic E-state index is -0.121. The SMILES string of the molecule is CCn1cc(C(=O)N2CCc3cc(Cl)cc(Cl)c3C2C)nn1. The maximum atomic E-state index is 12.7. The zero-order valence-corrected chi connectivity index (χ0v) is 13.9. The number of fused-ring (bicyclic) bond motifs is 1. The maximum Gasteiger partial charge on any atom is 0.276 e. The van der Waals surface area contributed by atoms with Gasteiger partial charge in [0, 0.05) is 23.1 Å². The topological polar surface area (TPSA) is 51.0 Å². The van der Waals surface area contributed by atoms with Crippen molar-refractivity contribution < 1.29 is 4.79 Å². The summed E-state index contributed by atoms with van der Waals surface area (Å²) in [5, 5.41) is 9.11. The fraction of sp³-hybridized carbons (Fsp3) is 0.400. The molecule has 2 aromatic rings. The quantitative estimate of drug-likeness (QED) is 0.843. The van der Waals surface area contributed by atoms with E-state index >= 15 is 0 Å². The molecule has 22 heavy (non-hydrogen) atoms. The molecule has 3 rings (SSSR count). The molecule has 1 amide bonds. The molecule has 0 saturated heterocycles. The molecular formula is C15H16Cl2N4O. The summed E-state index contributed by atoms with van der Waals surface area (Å²) in [6, 6.07) is 3.53. The lowest BCUT2D eigenvalue weighted by molar-refractivity contribution is 0.0671. The van der Waals surface area contributed by atoms with Crippen molar-refractivity contribution in [2.24, 2.45) is 0 Å². The molecular weight excluding hydrogens is 323 g/mol. The molecule has 1 unspecified atom stereocenters. The Morgan fingerprint density at radius 3 is 2.86 bits per heavy atom. The first-order valence-electron chi connectivity index (χ1n) is 7.20. The van der Waals surface area contributed by atoms with E-state index in [9.17, 15) is 4.79 Å². The summed E-state index contributed by atoms with van der Waals surface area (Å²) in [5.41, 5.74) is 2.43. The third-order valence-electron chi connectivity index (χ3n) is 4.03. The van der Waals surface area contributed by atoms with E-state index in [1.165, 1.54) is 0 Å². The molecule has 1 aliphatic rings. The van der Waals surface area contributed by atoms with Gasteiger partial charge >= 0.3 is 0 Å². The number of amides is 1. The van der Waals surface area contributed by atoms with Gasteiger partial charge in [0.2, 0.25) is 0 Å². The second kappa shape index (κ2) is 5.89. The van der Waals surface area contributed by atoms with Crippen LogP contribution in [0.5, 0.6) is 0 Å². The van der Waals surface area contributed by atoms with Crippen LogP contribution >= 0.6 is 23.2 Å². The normalized spacial score (nSPS) is 17.5. The van der Waals surface area contributed by atoms with E-state index < -0.39 is 0 Å². The van der Waals surface area contributed by atoms with Gasteiger partial charge in [-0.3, -0.25) is 9.48 Å². The van der Waals surface area contributed by atoms with Crippen LogP contribution in [0, 0.1) is 0 Å². The average Bonchev–Trinajstić information content (AvgIpc) is 2.95. The minimum absolute atomic E-state index is 0.118. The zero-order chi connectivity index (χ0) is 15.9. The highest BCUT2D eigenvalue weighted by Crippen LogP contribution is 2.37. The van der Waals surface area contributed by atoms with Crippen molar-refractivity contribution in [3.63, 3.8) is 0 Å². The lowest BCUT2D eigenvalue weighted by atomic mass is 9.93. The van der Waals surface area contributed by atoms with Crippen LogP contribution in [-0.2, 0) is 13.0 Å². The predicted molar refractivity (Wildman–Crippen MR) is 85.3 cm³/mol. The number of benzene rings is 1. The van der Waals surface area contributed by atoms with Gasteiger partial charge in [0.25, 0.3) is 5.91 Å². The Balaban J connectivity index is 1.92. The summed E-state index contributed by atoms with van der Waals surface area (Å²) in [7, 11) is 0. The molecule has 0 saturated carbocycles. The smallest absolute Gasteiger partial charge is 0.276 e. The molecule has 116 valence electrons. The number of hydrogen-bond acceptors (Lipinski definition) is 3. The molecule has 2 heterocycles.